The first-order valence-corrected chi connectivity index (χ1v) is 5.50. The number of hydrogen-bond acceptors (Lipinski definition) is 6. The molecular formula is C11H15N3O5. The number of benzene rings is 1. The Labute approximate surface area is 109 Å². The number of hydrogen-bond donors (Lipinski definition) is 2. The molecule has 3 N–H and O–H groups in total. The number of ether oxygens (including phenoxy) is 2. The summed E-state index contributed by atoms with van der Waals surface area (Å²) in [4.78, 5) is 10.4. The number of rotatable bonds is 6. The van der Waals surface area contributed by atoms with E-state index >= 15 is 0 Å². The lowest BCUT2D eigenvalue weighted by Crippen LogP contribution is -2.33. The van der Waals surface area contributed by atoms with Crippen molar-refractivity contribution in [3.8, 4) is 11.5 Å². The molecule has 0 heterocycles. The third-order valence-electron chi connectivity index (χ3n) is 2.45. The molecule has 104 valence electrons. The molecule has 0 aliphatic rings. The first-order valence-electron chi connectivity index (χ1n) is 5.50. The number of oxime groups is 1. The minimum Gasteiger partial charge on any atom is -0.496 e. The second-order valence-corrected chi connectivity index (χ2v) is 3.63. The van der Waals surface area contributed by atoms with Gasteiger partial charge in [-0.25, -0.2) is 0 Å². The van der Waals surface area contributed by atoms with Gasteiger partial charge in [0.1, 0.15) is 5.75 Å². The molecule has 1 rings (SSSR count). The first kappa shape index (κ1) is 14.6. The number of nitro groups is 1. The Kier molecular flexibility index (Phi) is 4.92. The van der Waals surface area contributed by atoms with E-state index in [-0.39, 0.29) is 17.3 Å². The maximum absolute atomic E-state index is 11.0. The topological polar surface area (TPSA) is 120 Å². The van der Waals surface area contributed by atoms with Crippen molar-refractivity contribution in [2.75, 3.05) is 7.11 Å². The Bertz CT molecular complexity index is 489. The summed E-state index contributed by atoms with van der Waals surface area (Å²) in [7, 11) is 1.41. The lowest BCUT2D eigenvalue weighted by Gasteiger charge is -2.16. The van der Waals surface area contributed by atoms with Crippen LogP contribution >= 0.6 is 0 Å². The maximum atomic E-state index is 11.0. The van der Waals surface area contributed by atoms with Crippen molar-refractivity contribution in [1.29, 1.82) is 0 Å². The van der Waals surface area contributed by atoms with Gasteiger partial charge in [0.2, 0.25) is 0 Å². The SMILES string of the molecule is CCC(Oc1ccc(OC)cc1[N+](=O)[O-])C(N)=NO. The Hall–Kier alpha value is -2.51. The Balaban J connectivity index is 3.09. The summed E-state index contributed by atoms with van der Waals surface area (Å²) in [5.74, 6) is 0.229. The molecule has 1 atom stereocenters. The molecule has 1 aromatic carbocycles. The predicted molar refractivity (Wildman–Crippen MR) is 67.8 cm³/mol. The summed E-state index contributed by atoms with van der Waals surface area (Å²) in [6, 6.07) is 4.18. The van der Waals surface area contributed by atoms with Crippen LogP contribution in [0.15, 0.2) is 23.4 Å². The fourth-order valence-corrected chi connectivity index (χ4v) is 1.44. The second-order valence-electron chi connectivity index (χ2n) is 3.63. The average Bonchev–Trinajstić information content (AvgIpc) is 2.43. The molecule has 8 heteroatoms. The zero-order valence-electron chi connectivity index (χ0n) is 10.6. The molecule has 0 amide bonds. The maximum Gasteiger partial charge on any atom is 0.314 e. The standard InChI is InChI=1S/C11H15N3O5/c1-3-9(11(12)13-15)19-10-5-4-7(18-2)6-8(10)14(16)17/h4-6,9,15H,3H2,1-2H3,(H2,12,13). The smallest absolute Gasteiger partial charge is 0.314 e. The quantitative estimate of drug-likeness (QED) is 0.265. The van der Waals surface area contributed by atoms with Crippen molar-refractivity contribution >= 4 is 11.5 Å². The van der Waals surface area contributed by atoms with E-state index in [4.69, 9.17) is 20.4 Å². The van der Waals surface area contributed by atoms with E-state index in [1.165, 1.54) is 25.3 Å². The fourth-order valence-electron chi connectivity index (χ4n) is 1.44. The molecule has 0 radical (unpaired) electrons. The van der Waals surface area contributed by atoms with Crippen molar-refractivity contribution in [3.05, 3.63) is 28.3 Å². The lowest BCUT2D eigenvalue weighted by atomic mass is 10.2. The van der Waals surface area contributed by atoms with Gasteiger partial charge in [-0.05, 0) is 18.6 Å². The van der Waals surface area contributed by atoms with Gasteiger partial charge in [-0.3, -0.25) is 10.1 Å². The largest absolute Gasteiger partial charge is 0.496 e. The summed E-state index contributed by atoms with van der Waals surface area (Å²) in [6.07, 6.45) is -0.337. The molecule has 0 saturated carbocycles. The van der Waals surface area contributed by atoms with E-state index in [1.807, 2.05) is 0 Å². The van der Waals surface area contributed by atoms with Crippen LogP contribution in [0.3, 0.4) is 0 Å². The monoisotopic (exact) mass is 269 g/mol. The summed E-state index contributed by atoms with van der Waals surface area (Å²) in [5, 5.41) is 22.4. The van der Waals surface area contributed by atoms with E-state index in [2.05, 4.69) is 5.16 Å². The van der Waals surface area contributed by atoms with Crippen LogP contribution in [0.2, 0.25) is 0 Å². The molecule has 8 nitrogen and oxygen atoms in total. The summed E-state index contributed by atoms with van der Waals surface area (Å²) in [6.45, 7) is 1.75. The minimum absolute atomic E-state index is 0.0317. The van der Waals surface area contributed by atoms with Crippen LogP contribution in [0, 0.1) is 10.1 Å². The third-order valence-corrected chi connectivity index (χ3v) is 2.45. The fraction of sp³-hybridized carbons (Fsp3) is 0.364. The highest BCUT2D eigenvalue weighted by atomic mass is 16.6. The van der Waals surface area contributed by atoms with Crippen LogP contribution in [0.5, 0.6) is 11.5 Å². The Morgan fingerprint density at radius 1 is 1.63 bits per heavy atom. The highest BCUT2D eigenvalue weighted by molar-refractivity contribution is 5.84. The first-order chi connectivity index (χ1) is 9.03. The highest BCUT2D eigenvalue weighted by Crippen LogP contribution is 2.32. The predicted octanol–water partition coefficient (Wildman–Crippen LogP) is 1.51. The van der Waals surface area contributed by atoms with Gasteiger partial charge in [-0.15, -0.1) is 0 Å². The molecule has 0 spiro atoms. The van der Waals surface area contributed by atoms with Crippen molar-refractivity contribution in [3.63, 3.8) is 0 Å². The van der Waals surface area contributed by atoms with Crippen LogP contribution in [-0.2, 0) is 0 Å². The van der Waals surface area contributed by atoms with Gasteiger partial charge >= 0.3 is 5.69 Å². The number of nitrogens with two attached hydrogens (primary N) is 1. The normalized spacial score (nSPS) is 12.8. The van der Waals surface area contributed by atoms with Crippen molar-refractivity contribution in [2.24, 2.45) is 10.9 Å². The summed E-state index contributed by atoms with van der Waals surface area (Å²) < 4.78 is 10.3. The molecule has 0 aromatic heterocycles. The van der Waals surface area contributed by atoms with Gasteiger partial charge in [0.05, 0.1) is 18.1 Å². The van der Waals surface area contributed by atoms with Gasteiger partial charge in [-0.2, -0.15) is 0 Å². The third kappa shape index (κ3) is 3.47. The van der Waals surface area contributed by atoms with Crippen molar-refractivity contribution < 1.29 is 19.6 Å². The van der Waals surface area contributed by atoms with Gasteiger partial charge in [-0.1, -0.05) is 12.1 Å². The number of amidine groups is 1. The molecule has 0 aliphatic heterocycles. The molecule has 0 fully saturated rings. The van der Waals surface area contributed by atoms with E-state index in [1.54, 1.807) is 6.92 Å². The zero-order chi connectivity index (χ0) is 14.4. The van der Waals surface area contributed by atoms with Gasteiger partial charge < -0.3 is 20.4 Å². The van der Waals surface area contributed by atoms with Crippen LogP contribution in [-0.4, -0.2) is 29.2 Å². The Morgan fingerprint density at radius 3 is 2.79 bits per heavy atom. The molecule has 0 saturated heterocycles. The second kappa shape index (κ2) is 6.43. The van der Waals surface area contributed by atoms with Crippen molar-refractivity contribution in [2.45, 2.75) is 19.4 Å². The van der Waals surface area contributed by atoms with Crippen molar-refractivity contribution in [1.82, 2.24) is 0 Å². The Morgan fingerprint density at radius 2 is 2.32 bits per heavy atom. The summed E-state index contributed by atoms with van der Waals surface area (Å²) in [5.41, 5.74) is 5.19. The number of nitrogens with zero attached hydrogens (tertiary/aromatic N) is 2. The van der Waals surface area contributed by atoms with Crippen LogP contribution in [0.25, 0.3) is 0 Å². The highest BCUT2D eigenvalue weighted by Gasteiger charge is 2.21. The van der Waals surface area contributed by atoms with Gasteiger partial charge in [0, 0.05) is 0 Å². The van der Waals surface area contributed by atoms with Crippen LogP contribution < -0.4 is 15.2 Å². The summed E-state index contributed by atoms with van der Waals surface area (Å²) >= 11 is 0. The van der Waals surface area contributed by atoms with Crippen LogP contribution in [0.1, 0.15) is 13.3 Å². The molecule has 19 heavy (non-hydrogen) atoms. The van der Waals surface area contributed by atoms with E-state index in [0.717, 1.165) is 0 Å². The molecule has 0 bridgehead atoms. The molecule has 0 aliphatic carbocycles. The van der Waals surface area contributed by atoms with Crippen LogP contribution in [0.4, 0.5) is 5.69 Å². The molecular weight excluding hydrogens is 254 g/mol. The van der Waals surface area contributed by atoms with E-state index in [0.29, 0.717) is 12.2 Å². The minimum atomic E-state index is -0.739. The number of nitro benzene ring substituents is 1. The van der Waals surface area contributed by atoms with E-state index < -0.39 is 11.0 Å². The average molecular weight is 269 g/mol. The lowest BCUT2D eigenvalue weighted by molar-refractivity contribution is -0.386. The van der Waals surface area contributed by atoms with Gasteiger partial charge in [0.15, 0.2) is 17.7 Å². The molecule has 1 unspecified atom stereocenters. The van der Waals surface area contributed by atoms with E-state index in [9.17, 15) is 10.1 Å². The van der Waals surface area contributed by atoms with Gasteiger partial charge in [0.25, 0.3) is 0 Å². The zero-order valence-corrected chi connectivity index (χ0v) is 10.6. The number of methoxy groups -OCH3 is 1. The molecule has 1 aromatic rings.